The highest BCUT2D eigenvalue weighted by Crippen LogP contribution is 2.29. The Morgan fingerprint density at radius 2 is 1.85 bits per heavy atom. The van der Waals surface area contributed by atoms with Crippen LogP contribution in [0.1, 0.15) is 16.1 Å². The molecule has 2 aromatic rings. The number of sulfonamides is 1. The molecular formula is C13H8ClF3N4O5S. The van der Waals surface area contributed by atoms with Gasteiger partial charge >= 0.3 is 12.3 Å². The van der Waals surface area contributed by atoms with Gasteiger partial charge in [0.2, 0.25) is 0 Å². The number of hydrogen-bond acceptors (Lipinski definition) is 6. The van der Waals surface area contributed by atoms with Gasteiger partial charge in [-0.1, -0.05) is 11.6 Å². The molecule has 0 aliphatic heterocycles. The van der Waals surface area contributed by atoms with Crippen LogP contribution in [-0.4, -0.2) is 35.5 Å². The number of alkyl halides is 3. The van der Waals surface area contributed by atoms with Crippen molar-refractivity contribution in [3.8, 4) is 0 Å². The Balaban J connectivity index is 2.27. The van der Waals surface area contributed by atoms with E-state index in [1.165, 1.54) is 10.8 Å². The van der Waals surface area contributed by atoms with Gasteiger partial charge in [-0.05, 0) is 18.2 Å². The Morgan fingerprint density at radius 1 is 1.19 bits per heavy atom. The van der Waals surface area contributed by atoms with Crippen molar-refractivity contribution >= 4 is 39.3 Å². The van der Waals surface area contributed by atoms with Crippen molar-refractivity contribution in [2.45, 2.75) is 11.2 Å². The monoisotopic (exact) mass is 424 g/mol. The van der Waals surface area contributed by atoms with Crippen LogP contribution < -0.4 is 10.0 Å². The van der Waals surface area contributed by atoms with E-state index in [4.69, 9.17) is 16.7 Å². The first kappa shape index (κ1) is 20.4. The fourth-order valence-electron chi connectivity index (χ4n) is 1.76. The maximum Gasteiger partial charge on any atom is 0.433 e. The molecule has 0 spiro atoms. The molecule has 14 heteroatoms. The van der Waals surface area contributed by atoms with E-state index in [0.29, 0.717) is 6.07 Å². The number of carboxylic acid groups (broad SMARTS) is 1. The predicted molar refractivity (Wildman–Crippen MR) is 84.8 cm³/mol. The highest BCUT2D eigenvalue weighted by Gasteiger charge is 2.33. The smallest absolute Gasteiger partial charge is 0.433 e. The van der Waals surface area contributed by atoms with Gasteiger partial charge in [-0.15, -0.1) is 0 Å². The molecule has 2 amide bonds. The maximum atomic E-state index is 12.6. The molecule has 27 heavy (non-hydrogen) atoms. The predicted octanol–water partition coefficient (Wildman–Crippen LogP) is 2.36. The van der Waals surface area contributed by atoms with Crippen molar-refractivity contribution in [1.82, 2.24) is 14.7 Å². The lowest BCUT2D eigenvalue weighted by Crippen LogP contribution is -2.29. The number of carbonyl (C=O) groups excluding carboxylic acids is 1. The molecule has 0 aromatic carbocycles. The second-order valence-corrected chi connectivity index (χ2v) is 6.77. The third-order valence-electron chi connectivity index (χ3n) is 2.87. The van der Waals surface area contributed by atoms with E-state index in [1.54, 1.807) is 0 Å². The standard InChI is InChI=1S/C13H8ClF3N4O5S/c14-10-7(1-2-8(20-10)13(15,16)17)11(22)19-6-3-4-18-9(5-6)27(25,26)21-12(23)24/h1-5,21H,(H,23,24)(H,18,19,22). The summed E-state index contributed by atoms with van der Waals surface area (Å²) in [5.41, 5.74) is -1.81. The molecule has 0 unspecified atom stereocenters. The normalized spacial score (nSPS) is 11.7. The van der Waals surface area contributed by atoms with Crippen molar-refractivity contribution in [2.75, 3.05) is 5.32 Å². The van der Waals surface area contributed by atoms with Crippen molar-refractivity contribution in [2.24, 2.45) is 0 Å². The topological polar surface area (TPSA) is 138 Å². The average molecular weight is 425 g/mol. The van der Waals surface area contributed by atoms with Crippen LogP contribution in [0, 0.1) is 0 Å². The first-order chi connectivity index (χ1) is 12.4. The first-order valence-electron chi connectivity index (χ1n) is 6.67. The molecule has 0 aliphatic carbocycles. The van der Waals surface area contributed by atoms with E-state index in [-0.39, 0.29) is 5.69 Å². The Morgan fingerprint density at radius 3 is 2.41 bits per heavy atom. The van der Waals surface area contributed by atoms with Gasteiger partial charge in [-0.3, -0.25) is 4.79 Å². The molecule has 2 aromatic heterocycles. The summed E-state index contributed by atoms with van der Waals surface area (Å²) in [6, 6.07) is 3.37. The molecule has 2 heterocycles. The number of carbonyl (C=O) groups is 2. The lowest BCUT2D eigenvalue weighted by atomic mass is 10.2. The second kappa shape index (κ2) is 7.36. The fraction of sp³-hybridized carbons (Fsp3) is 0.0769. The minimum atomic E-state index is -4.75. The minimum absolute atomic E-state index is 0.128. The van der Waals surface area contributed by atoms with E-state index in [0.717, 1.165) is 18.3 Å². The minimum Gasteiger partial charge on any atom is -0.464 e. The number of pyridine rings is 2. The average Bonchev–Trinajstić information content (AvgIpc) is 2.52. The van der Waals surface area contributed by atoms with Crippen molar-refractivity contribution in [3.05, 3.63) is 46.9 Å². The summed E-state index contributed by atoms with van der Waals surface area (Å²) in [5, 5.41) is 9.27. The largest absolute Gasteiger partial charge is 0.464 e. The molecule has 0 atom stereocenters. The number of hydrogen-bond donors (Lipinski definition) is 3. The lowest BCUT2D eigenvalue weighted by Gasteiger charge is -2.10. The first-order valence-corrected chi connectivity index (χ1v) is 8.53. The van der Waals surface area contributed by atoms with Gasteiger partial charge in [0.25, 0.3) is 15.9 Å². The summed E-state index contributed by atoms with van der Waals surface area (Å²) < 4.78 is 62.4. The van der Waals surface area contributed by atoms with Crippen LogP contribution in [0.15, 0.2) is 35.5 Å². The van der Waals surface area contributed by atoms with Gasteiger partial charge in [-0.2, -0.15) is 21.6 Å². The summed E-state index contributed by atoms with van der Waals surface area (Å²) in [6.45, 7) is 0. The molecule has 0 radical (unpaired) electrons. The highest BCUT2D eigenvalue weighted by molar-refractivity contribution is 7.90. The molecule has 9 nitrogen and oxygen atoms in total. The van der Waals surface area contributed by atoms with E-state index in [2.05, 4.69) is 15.3 Å². The van der Waals surface area contributed by atoms with Gasteiger partial charge in [0, 0.05) is 18.0 Å². The molecule has 3 N–H and O–H groups in total. The van der Waals surface area contributed by atoms with Crippen LogP contribution in [0.4, 0.5) is 23.7 Å². The number of nitrogens with zero attached hydrogens (tertiary/aromatic N) is 2. The van der Waals surface area contributed by atoms with Crippen LogP contribution in [-0.2, 0) is 16.2 Å². The molecule has 0 bridgehead atoms. The molecule has 144 valence electrons. The molecule has 0 saturated heterocycles. The highest BCUT2D eigenvalue weighted by atomic mass is 35.5. The Bertz CT molecular complexity index is 1010. The van der Waals surface area contributed by atoms with Crippen LogP contribution in [0.25, 0.3) is 0 Å². The van der Waals surface area contributed by atoms with Crippen LogP contribution >= 0.6 is 11.6 Å². The zero-order valence-electron chi connectivity index (χ0n) is 12.8. The Hall–Kier alpha value is -2.93. The van der Waals surface area contributed by atoms with Crippen molar-refractivity contribution < 1.29 is 36.3 Å². The summed E-state index contributed by atoms with van der Waals surface area (Å²) in [4.78, 5) is 29.2. The van der Waals surface area contributed by atoms with E-state index < -0.39 is 49.6 Å². The van der Waals surface area contributed by atoms with Crippen LogP contribution in [0.5, 0.6) is 0 Å². The van der Waals surface area contributed by atoms with E-state index in [1.807, 2.05) is 0 Å². The quantitative estimate of drug-likeness (QED) is 0.640. The summed E-state index contributed by atoms with van der Waals surface area (Å²) in [6.07, 6.45) is -5.61. The third kappa shape index (κ3) is 5.04. The third-order valence-corrected chi connectivity index (χ3v) is 4.38. The van der Waals surface area contributed by atoms with Gasteiger partial charge < -0.3 is 10.4 Å². The van der Waals surface area contributed by atoms with Gasteiger partial charge in [0.05, 0.1) is 5.56 Å². The SMILES string of the molecule is O=C(O)NS(=O)(=O)c1cc(NC(=O)c2ccc(C(F)(F)F)nc2Cl)ccn1. The number of anilines is 1. The summed E-state index contributed by atoms with van der Waals surface area (Å²) >= 11 is 5.60. The summed E-state index contributed by atoms with van der Waals surface area (Å²) in [7, 11) is -4.49. The number of halogens is 4. The van der Waals surface area contributed by atoms with Gasteiger partial charge in [0.1, 0.15) is 10.8 Å². The van der Waals surface area contributed by atoms with Crippen LogP contribution in [0.3, 0.4) is 0 Å². The second-order valence-electron chi connectivity index (χ2n) is 4.78. The Kier molecular flexibility index (Phi) is 5.56. The molecule has 0 saturated carbocycles. The molecular weight excluding hydrogens is 417 g/mol. The number of nitrogens with one attached hydrogen (secondary N) is 2. The molecule has 0 aliphatic rings. The molecule has 0 fully saturated rings. The van der Waals surface area contributed by atoms with E-state index in [9.17, 15) is 31.2 Å². The summed E-state index contributed by atoms with van der Waals surface area (Å²) in [5.74, 6) is -0.970. The molecule has 2 rings (SSSR count). The number of amides is 2. The maximum absolute atomic E-state index is 12.6. The van der Waals surface area contributed by atoms with Crippen molar-refractivity contribution in [1.29, 1.82) is 0 Å². The lowest BCUT2D eigenvalue weighted by molar-refractivity contribution is -0.141. The number of aromatic nitrogens is 2. The number of rotatable bonds is 4. The zero-order valence-corrected chi connectivity index (χ0v) is 14.4. The van der Waals surface area contributed by atoms with Gasteiger partial charge in [0.15, 0.2) is 5.03 Å². The fourth-order valence-corrected chi connectivity index (χ4v) is 2.82. The Labute approximate surface area is 154 Å². The van der Waals surface area contributed by atoms with Crippen molar-refractivity contribution in [3.63, 3.8) is 0 Å². The van der Waals surface area contributed by atoms with Gasteiger partial charge in [-0.25, -0.2) is 19.5 Å². The zero-order chi connectivity index (χ0) is 20.4. The van der Waals surface area contributed by atoms with E-state index >= 15 is 0 Å². The van der Waals surface area contributed by atoms with Crippen LogP contribution in [0.2, 0.25) is 5.15 Å².